The smallest absolute Gasteiger partial charge is 0.249 e. The van der Waals surface area contributed by atoms with Crippen molar-refractivity contribution in [2.24, 2.45) is 0 Å². The van der Waals surface area contributed by atoms with Gasteiger partial charge in [0.1, 0.15) is 5.75 Å². The molecule has 0 aliphatic rings. The van der Waals surface area contributed by atoms with Crippen LogP contribution in [-0.2, 0) is 4.79 Å². The van der Waals surface area contributed by atoms with Gasteiger partial charge in [-0.25, -0.2) is 0 Å². The summed E-state index contributed by atoms with van der Waals surface area (Å²) in [5, 5.41) is 16.9. The first-order chi connectivity index (χ1) is 12.6. The Balaban J connectivity index is 1.71. The summed E-state index contributed by atoms with van der Waals surface area (Å²) in [5.74, 6) is 1.52. The molecule has 3 N–H and O–H groups in total. The van der Waals surface area contributed by atoms with E-state index in [4.69, 9.17) is 4.74 Å². The first kappa shape index (κ1) is 17.2. The highest BCUT2D eigenvalue weighted by atomic mass is 16.5. The number of hydrogen-bond donors (Lipinski definition) is 3. The molecule has 3 rings (SSSR count). The Labute approximate surface area is 150 Å². The molecule has 8 heteroatoms. The van der Waals surface area contributed by atoms with E-state index >= 15 is 0 Å². The molecule has 0 bridgehead atoms. The molecule has 0 atom stereocenters. The highest BCUT2D eigenvalue weighted by Crippen LogP contribution is 2.21. The number of hydrogen-bond acceptors (Lipinski definition) is 7. The fourth-order valence-electron chi connectivity index (χ4n) is 2.25. The Morgan fingerprint density at radius 2 is 1.77 bits per heavy atom. The van der Waals surface area contributed by atoms with Gasteiger partial charge in [0.2, 0.25) is 11.9 Å². The average Bonchev–Trinajstić information content (AvgIpc) is 2.62. The average molecular weight is 350 g/mol. The molecule has 1 aromatic heterocycles. The molecule has 0 saturated carbocycles. The maximum atomic E-state index is 11.2. The number of benzene rings is 2. The van der Waals surface area contributed by atoms with Gasteiger partial charge in [-0.2, -0.15) is 10.1 Å². The van der Waals surface area contributed by atoms with E-state index in [1.165, 1.54) is 13.1 Å². The molecular weight excluding hydrogens is 332 g/mol. The molecule has 0 aliphatic heterocycles. The van der Waals surface area contributed by atoms with Crippen molar-refractivity contribution in [3.8, 4) is 5.75 Å². The van der Waals surface area contributed by atoms with Gasteiger partial charge < -0.3 is 20.7 Å². The zero-order chi connectivity index (χ0) is 18.4. The molecule has 0 spiro atoms. The van der Waals surface area contributed by atoms with E-state index in [2.05, 4.69) is 31.1 Å². The van der Waals surface area contributed by atoms with Crippen molar-refractivity contribution < 1.29 is 9.53 Å². The highest BCUT2D eigenvalue weighted by molar-refractivity contribution is 5.89. The number of anilines is 5. The molecule has 1 heterocycles. The van der Waals surface area contributed by atoms with Gasteiger partial charge in [0.05, 0.1) is 13.3 Å². The maximum Gasteiger partial charge on any atom is 0.249 e. The molecule has 0 radical (unpaired) electrons. The second kappa shape index (κ2) is 7.93. The summed E-state index contributed by atoms with van der Waals surface area (Å²) in [4.78, 5) is 15.5. The molecule has 3 aromatic rings. The van der Waals surface area contributed by atoms with Crippen LogP contribution in [0.1, 0.15) is 6.92 Å². The second-order valence-corrected chi connectivity index (χ2v) is 5.41. The number of ether oxygens (including phenoxy) is 1. The lowest BCUT2D eigenvalue weighted by molar-refractivity contribution is -0.114. The highest BCUT2D eigenvalue weighted by Gasteiger charge is 2.04. The molecular formula is C18H18N6O2. The van der Waals surface area contributed by atoms with Crippen LogP contribution in [0.5, 0.6) is 5.75 Å². The Hall–Kier alpha value is -3.68. The van der Waals surface area contributed by atoms with Crippen molar-refractivity contribution in [2.75, 3.05) is 23.1 Å². The van der Waals surface area contributed by atoms with Crippen LogP contribution >= 0.6 is 0 Å². The van der Waals surface area contributed by atoms with Crippen LogP contribution in [0.15, 0.2) is 54.7 Å². The first-order valence-electron chi connectivity index (χ1n) is 7.88. The van der Waals surface area contributed by atoms with Gasteiger partial charge in [-0.3, -0.25) is 4.79 Å². The fraction of sp³-hybridized carbons (Fsp3) is 0.111. The molecule has 0 unspecified atom stereocenters. The number of rotatable bonds is 6. The van der Waals surface area contributed by atoms with E-state index in [1.807, 2.05) is 42.5 Å². The van der Waals surface area contributed by atoms with Gasteiger partial charge >= 0.3 is 0 Å². The van der Waals surface area contributed by atoms with Crippen molar-refractivity contribution in [1.29, 1.82) is 0 Å². The van der Waals surface area contributed by atoms with Crippen LogP contribution < -0.4 is 20.7 Å². The molecule has 0 aliphatic carbocycles. The zero-order valence-corrected chi connectivity index (χ0v) is 14.4. The summed E-state index contributed by atoms with van der Waals surface area (Å²) in [6.45, 7) is 1.46. The van der Waals surface area contributed by atoms with Crippen molar-refractivity contribution in [1.82, 2.24) is 15.2 Å². The van der Waals surface area contributed by atoms with Crippen molar-refractivity contribution in [3.63, 3.8) is 0 Å². The molecule has 2 aromatic carbocycles. The third-order valence-electron chi connectivity index (χ3n) is 3.36. The number of carbonyl (C=O) groups excluding carboxylic acids is 1. The summed E-state index contributed by atoms with van der Waals surface area (Å²) in [6.07, 6.45) is 1.52. The van der Waals surface area contributed by atoms with E-state index in [0.29, 0.717) is 17.5 Å². The Kier molecular flexibility index (Phi) is 5.23. The largest absolute Gasteiger partial charge is 0.497 e. The van der Waals surface area contributed by atoms with Crippen LogP contribution in [-0.4, -0.2) is 28.2 Å². The SMILES string of the molecule is COc1ccc(Nc2nncc(Nc3cccc(NC(C)=O)c3)n2)cc1. The van der Waals surface area contributed by atoms with E-state index in [-0.39, 0.29) is 5.91 Å². The third-order valence-corrected chi connectivity index (χ3v) is 3.36. The molecule has 8 nitrogen and oxygen atoms in total. The van der Waals surface area contributed by atoms with Gasteiger partial charge in [-0.05, 0) is 42.5 Å². The maximum absolute atomic E-state index is 11.2. The minimum absolute atomic E-state index is 0.128. The van der Waals surface area contributed by atoms with Crippen LogP contribution in [0, 0.1) is 0 Å². The number of carbonyl (C=O) groups is 1. The predicted molar refractivity (Wildman–Crippen MR) is 100 cm³/mol. The molecule has 0 saturated heterocycles. The Morgan fingerprint density at radius 3 is 2.50 bits per heavy atom. The first-order valence-corrected chi connectivity index (χ1v) is 7.88. The van der Waals surface area contributed by atoms with E-state index in [9.17, 15) is 4.79 Å². The Bertz CT molecular complexity index is 898. The lowest BCUT2D eigenvalue weighted by atomic mass is 10.2. The van der Waals surface area contributed by atoms with E-state index < -0.39 is 0 Å². The lowest BCUT2D eigenvalue weighted by Crippen LogP contribution is -2.06. The predicted octanol–water partition coefficient (Wildman–Crippen LogP) is 3.33. The number of amides is 1. The second-order valence-electron chi connectivity index (χ2n) is 5.41. The zero-order valence-electron chi connectivity index (χ0n) is 14.4. The van der Waals surface area contributed by atoms with Crippen molar-refractivity contribution in [2.45, 2.75) is 6.92 Å². The molecule has 132 valence electrons. The van der Waals surface area contributed by atoms with Gasteiger partial charge in [0.25, 0.3) is 0 Å². The minimum Gasteiger partial charge on any atom is -0.497 e. The van der Waals surface area contributed by atoms with Crippen LogP contribution in [0.3, 0.4) is 0 Å². The monoisotopic (exact) mass is 350 g/mol. The Morgan fingerprint density at radius 1 is 1.00 bits per heavy atom. The molecule has 0 fully saturated rings. The summed E-state index contributed by atoms with van der Waals surface area (Å²) in [6, 6.07) is 14.7. The quantitative estimate of drug-likeness (QED) is 0.627. The number of methoxy groups -OCH3 is 1. The van der Waals surface area contributed by atoms with Crippen molar-refractivity contribution in [3.05, 3.63) is 54.7 Å². The number of nitrogens with one attached hydrogen (secondary N) is 3. The van der Waals surface area contributed by atoms with Crippen molar-refractivity contribution >= 4 is 34.7 Å². The third kappa shape index (κ3) is 4.67. The van der Waals surface area contributed by atoms with Crippen LogP contribution in [0.25, 0.3) is 0 Å². The fourth-order valence-corrected chi connectivity index (χ4v) is 2.25. The summed E-state index contributed by atoms with van der Waals surface area (Å²) in [7, 11) is 1.62. The van der Waals surface area contributed by atoms with Gasteiger partial charge in [0, 0.05) is 24.0 Å². The van der Waals surface area contributed by atoms with E-state index in [0.717, 1.165) is 17.1 Å². The van der Waals surface area contributed by atoms with E-state index in [1.54, 1.807) is 13.2 Å². The standard InChI is InChI=1S/C18H18N6O2/c1-12(25)20-14-4-3-5-15(10-14)21-17-11-19-24-18(23-17)22-13-6-8-16(26-2)9-7-13/h3-11H,1-2H3,(H,20,25)(H2,21,22,23,24). The molecule has 26 heavy (non-hydrogen) atoms. The van der Waals surface area contributed by atoms with Gasteiger partial charge in [-0.15, -0.1) is 5.10 Å². The number of nitrogens with zero attached hydrogens (tertiary/aromatic N) is 3. The normalized spacial score (nSPS) is 10.1. The topological polar surface area (TPSA) is 101 Å². The molecule has 1 amide bonds. The minimum atomic E-state index is -0.128. The summed E-state index contributed by atoms with van der Waals surface area (Å²) < 4.78 is 5.13. The lowest BCUT2D eigenvalue weighted by Gasteiger charge is -2.09. The van der Waals surface area contributed by atoms with Gasteiger partial charge in [-0.1, -0.05) is 6.07 Å². The summed E-state index contributed by atoms with van der Waals surface area (Å²) in [5.41, 5.74) is 2.28. The van der Waals surface area contributed by atoms with Crippen LogP contribution in [0.4, 0.5) is 28.8 Å². The van der Waals surface area contributed by atoms with Gasteiger partial charge in [0.15, 0.2) is 5.82 Å². The number of aromatic nitrogens is 3. The van der Waals surface area contributed by atoms with Crippen LogP contribution in [0.2, 0.25) is 0 Å². The summed E-state index contributed by atoms with van der Waals surface area (Å²) >= 11 is 0.